The van der Waals surface area contributed by atoms with E-state index in [-0.39, 0.29) is 5.56 Å². The van der Waals surface area contributed by atoms with Gasteiger partial charge in [0.05, 0.1) is 11.3 Å². The second-order valence-corrected chi connectivity index (χ2v) is 8.06. The minimum atomic E-state index is -0.482. The van der Waals surface area contributed by atoms with E-state index in [0.717, 1.165) is 59.5 Å². The first-order chi connectivity index (χ1) is 16.1. The molecule has 1 aliphatic heterocycles. The highest BCUT2D eigenvalue weighted by Crippen LogP contribution is 2.28. The molecule has 2 heterocycles. The van der Waals surface area contributed by atoms with Gasteiger partial charge in [-0.2, -0.15) is 5.26 Å². The molecule has 8 heteroatoms. The van der Waals surface area contributed by atoms with E-state index >= 15 is 0 Å². The van der Waals surface area contributed by atoms with Crippen molar-refractivity contribution >= 4 is 28.5 Å². The van der Waals surface area contributed by atoms with Gasteiger partial charge in [0.15, 0.2) is 5.82 Å². The monoisotopic (exact) mass is 443 g/mol. The van der Waals surface area contributed by atoms with Crippen LogP contribution >= 0.6 is 0 Å². The van der Waals surface area contributed by atoms with Gasteiger partial charge in [-0.15, -0.1) is 10.2 Å². The average molecular weight is 444 g/mol. The van der Waals surface area contributed by atoms with Gasteiger partial charge in [-0.25, -0.2) is 4.39 Å². The number of fused-ring (bicyclic) bond motifs is 1. The highest BCUT2D eigenvalue weighted by Gasteiger charge is 2.23. The molecule has 2 aromatic carbocycles. The van der Waals surface area contributed by atoms with Gasteiger partial charge in [-0.05, 0) is 30.5 Å². The fourth-order valence-corrected chi connectivity index (χ4v) is 4.25. The van der Waals surface area contributed by atoms with E-state index in [1.54, 1.807) is 19.2 Å². The van der Waals surface area contributed by atoms with Crippen molar-refractivity contribution in [3.05, 3.63) is 65.1 Å². The van der Waals surface area contributed by atoms with Crippen LogP contribution in [0.3, 0.4) is 0 Å². The first kappa shape index (κ1) is 22.5. The predicted molar refractivity (Wildman–Crippen MR) is 129 cm³/mol. The van der Waals surface area contributed by atoms with E-state index in [2.05, 4.69) is 31.5 Å². The topological polar surface area (TPSA) is 101 Å². The number of hydrogen-bond acceptors (Lipinski definition) is 7. The van der Waals surface area contributed by atoms with Crippen LogP contribution in [0.4, 0.5) is 10.2 Å². The van der Waals surface area contributed by atoms with Crippen LogP contribution in [0.25, 0.3) is 10.8 Å². The highest BCUT2D eigenvalue weighted by atomic mass is 19.1. The lowest BCUT2D eigenvalue weighted by Crippen LogP contribution is -2.42. The summed E-state index contributed by atoms with van der Waals surface area (Å²) in [6.45, 7) is 2.29. The van der Waals surface area contributed by atoms with Gasteiger partial charge in [0, 0.05) is 56.1 Å². The summed E-state index contributed by atoms with van der Waals surface area (Å²) in [7, 11) is 1.72. The van der Waals surface area contributed by atoms with Crippen LogP contribution in [0.5, 0.6) is 0 Å². The number of aromatic nitrogens is 2. The van der Waals surface area contributed by atoms with E-state index in [1.807, 2.05) is 24.3 Å². The summed E-state index contributed by atoms with van der Waals surface area (Å²) in [5.74, 6) is 0.388. The SMILES string of the molecule is CN=C(CC=N)c1nnc(N2CCC(NCc3ccc(F)c(C#N)c3)CC2)c2ccccc12. The van der Waals surface area contributed by atoms with Crippen molar-refractivity contribution in [2.75, 3.05) is 25.0 Å². The molecule has 1 aromatic heterocycles. The fourth-order valence-electron chi connectivity index (χ4n) is 4.25. The predicted octanol–water partition coefficient (Wildman–Crippen LogP) is 3.86. The smallest absolute Gasteiger partial charge is 0.159 e. The summed E-state index contributed by atoms with van der Waals surface area (Å²) in [6, 6.07) is 15.0. The van der Waals surface area contributed by atoms with Crippen molar-refractivity contribution in [3.8, 4) is 6.07 Å². The number of halogens is 1. The van der Waals surface area contributed by atoms with Gasteiger partial charge in [0.2, 0.25) is 0 Å². The van der Waals surface area contributed by atoms with Crippen molar-refractivity contribution < 1.29 is 4.39 Å². The summed E-state index contributed by atoms with van der Waals surface area (Å²) in [5, 5.41) is 31.1. The lowest BCUT2D eigenvalue weighted by atomic mass is 10.0. The normalized spacial score (nSPS) is 14.9. The lowest BCUT2D eigenvalue weighted by molar-refractivity contribution is 0.412. The van der Waals surface area contributed by atoms with Crippen molar-refractivity contribution in [2.45, 2.75) is 31.8 Å². The molecule has 0 atom stereocenters. The van der Waals surface area contributed by atoms with E-state index in [1.165, 1.54) is 12.3 Å². The molecular weight excluding hydrogens is 417 g/mol. The van der Waals surface area contributed by atoms with Crippen LogP contribution in [-0.2, 0) is 6.54 Å². The van der Waals surface area contributed by atoms with Crippen LogP contribution in [0.15, 0.2) is 47.5 Å². The molecule has 3 aromatic rings. The second kappa shape index (κ2) is 10.3. The van der Waals surface area contributed by atoms with E-state index in [4.69, 9.17) is 10.7 Å². The second-order valence-electron chi connectivity index (χ2n) is 8.06. The molecule has 0 saturated carbocycles. The number of rotatable bonds is 7. The maximum absolute atomic E-state index is 13.5. The third-order valence-electron chi connectivity index (χ3n) is 6.05. The Morgan fingerprint density at radius 3 is 2.70 bits per heavy atom. The maximum atomic E-state index is 13.5. The van der Waals surface area contributed by atoms with E-state index in [9.17, 15) is 4.39 Å². The molecule has 1 saturated heterocycles. The Kier molecular flexibility index (Phi) is 7.01. The summed E-state index contributed by atoms with van der Waals surface area (Å²) >= 11 is 0. The van der Waals surface area contributed by atoms with E-state index in [0.29, 0.717) is 19.0 Å². The summed E-state index contributed by atoms with van der Waals surface area (Å²) in [6.07, 6.45) is 3.64. The molecule has 0 radical (unpaired) electrons. The van der Waals surface area contributed by atoms with Crippen LogP contribution in [0.1, 0.15) is 36.1 Å². The number of benzene rings is 2. The molecule has 0 unspecified atom stereocenters. The van der Waals surface area contributed by atoms with E-state index < -0.39 is 5.82 Å². The van der Waals surface area contributed by atoms with Gasteiger partial charge in [-0.3, -0.25) is 4.99 Å². The number of anilines is 1. The summed E-state index contributed by atoms with van der Waals surface area (Å²) in [5.41, 5.74) is 2.47. The Hall–Kier alpha value is -3.70. The minimum absolute atomic E-state index is 0.0786. The Labute approximate surface area is 192 Å². The molecule has 7 nitrogen and oxygen atoms in total. The quantitative estimate of drug-likeness (QED) is 0.540. The van der Waals surface area contributed by atoms with Gasteiger partial charge in [0.25, 0.3) is 0 Å². The van der Waals surface area contributed by atoms with Crippen LogP contribution in [0, 0.1) is 22.6 Å². The Morgan fingerprint density at radius 2 is 2.00 bits per heavy atom. The average Bonchev–Trinajstić information content (AvgIpc) is 2.86. The number of piperidine rings is 1. The van der Waals surface area contributed by atoms with Crippen molar-refractivity contribution in [2.24, 2.45) is 4.99 Å². The molecule has 1 aliphatic rings. The molecule has 168 valence electrons. The third-order valence-corrected chi connectivity index (χ3v) is 6.05. The fraction of sp³-hybridized carbons (Fsp3) is 0.320. The molecule has 0 spiro atoms. The number of nitrogens with zero attached hydrogens (tertiary/aromatic N) is 5. The van der Waals surface area contributed by atoms with Crippen LogP contribution in [0.2, 0.25) is 0 Å². The number of nitrogens with one attached hydrogen (secondary N) is 2. The van der Waals surface area contributed by atoms with Gasteiger partial charge in [0.1, 0.15) is 17.6 Å². The molecule has 0 amide bonds. The number of hydrogen-bond donors (Lipinski definition) is 2. The molecule has 4 rings (SSSR count). The number of aliphatic imine (C=N–C) groups is 1. The Bertz CT molecular complexity index is 1220. The first-order valence-corrected chi connectivity index (χ1v) is 11.0. The number of nitriles is 1. The minimum Gasteiger partial charge on any atom is -0.354 e. The zero-order valence-electron chi connectivity index (χ0n) is 18.6. The van der Waals surface area contributed by atoms with Crippen LogP contribution in [-0.4, -0.2) is 48.3 Å². The first-order valence-electron chi connectivity index (χ1n) is 11.0. The molecule has 2 N–H and O–H groups in total. The molecule has 1 fully saturated rings. The van der Waals surface area contributed by atoms with Crippen molar-refractivity contribution in [1.29, 1.82) is 10.7 Å². The van der Waals surface area contributed by atoms with Gasteiger partial charge >= 0.3 is 0 Å². The Morgan fingerprint density at radius 1 is 1.24 bits per heavy atom. The summed E-state index contributed by atoms with van der Waals surface area (Å²) in [4.78, 5) is 6.58. The van der Waals surface area contributed by atoms with Crippen LogP contribution < -0.4 is 10.2 Å². The lowest BCUT2D eigenvalue weighted by Gasteiger charge is -2.33. The third kappa shape index (κ3) is 4.89. The van der Waals surface area contributed by atoms with Gasteiger partial charge in [-0.1, -0.05) is 30.3 Å². The zero-order chi connectivity index (χ0) is 23.2. The molecule has 0 bridgehead atoms. The summed E-state index contributed by atoms with van der Waals surface area (Å²) < 4.78 is 13.5. The van der Waals surface area contributed by atoms with Gasteiger partial charge < -0.3 is 15.6 Å². The molecule has 33 heavy (non-hydrogen) atoms. The largest absolute Gasteiger partial charge is 0.354 e. The zero-order valence-corrected chi connectivity index (χ0v) is 18.6. The molecular formula is C25H26FN7. The van der Waals surface area contributed by atoms with Crippen molar-refractivity contribution in [3.63, 3.8) is 0 Å². The van der Waals surface area contributed by atoms with Crippen molar-refractivity contribution in [1.82, 2.24) is 15.5 Å². The Balaban J connectivity index is 1.45. The standard InChI is InChI=1S/C25H26FN7/c1-29-23(8-11-27)24-20-4-2-3-5-21(20)25(32-31-24)33-12-9-19(10-13-33)30-16-17-6-7-22(26)18(14-17)15-28/h2-7,11,14,19,27,30H,8-10,12-13,16H2,1H3. The molecule has 0 aliphatic carbocycles. The maximum Gasteiger partial charge on any atom is 0.159 e. The highest BCUT2D eigenvalue weighted by molar-refractivity contribution is 6.14.